The third-order valence-corrected chi connectivity index (χ3v) is 3.04. The van der Waals surface area contributed by atoms with Crippen molar-refractivity contribution in [3.63, 3.8) is 0 Å². The number of nitro benzene ring substituents is 1. The first-order chi connectivity index (χ1) is 8.61. The molecule has 18 heavy (non-hydrogen) atoms. The zero-order chi connectivity index (χ0) is 13.1. The minimum atomic E-state index is -0.427. The van der Waals surface area contributed by atoms with Gasteiger partial charge in [-0.25, -0.2) is 4.79 Å². The number of nitrogens with zero attached hydrogens (tertiary/aromatic N) is 1. The molecule has 2 rings (SSSR count). The average molecular weight is 247 g/mol. The third kappa shape index (κ3) is 2.40. The van der Waals surface area contributed by atoms with Gasteiger partial charge in [0.2, 0.25) is 0 Å². The highest BCUT2D eigenvalue weighted by molar-refractivity contribution is 5.92. The second-order valence-electron chi connectivity index (χ2n) is 4.14. The maximum Gasteiger partial charge on any atom is 0.330 e. The van der Waals surface area contributed by atoms with Gasteiger partial charge in [0.15, 0.2) is 0 Å². The van der Waals surface area contributed by atoms with Crippen LogP contribution in [0.5, 0.6) is 0 Å². The molecule has 1 aromatic rings. The molecule has 0 heterocycles. The molecule has 0 fully saturated rings. The van der Waals surface area contributed by atoms with Gasteiger partial charge >= 0.3 is 5.97 Å². The van der Waals surface area contributed by atoms with Crippen LogP contribution in [0.2, 0.25) is 0 Å². The Morgan fingerprint density at radius 1 is 1.44 bits per heavy atom. The quantitative estimate of drug-likeness (QED) is 0.348. The van der Waals surface area contributed by atoms with Crippen molar-refractivity contribution in [2.75, 3.05) is 7.11 Å². The zero-order valence-electron chi connectivity index (χ0n) is 10.0. The molecule has 0 saturated carbocycles. The van der Waals surface area contributed by atoms with E-state index < -0.39 is 10.9 Å². The lowest BCUT2D eigenvalue weighted by molar-refractivity contribution is -0.384. The van der Waals surface area contributed by atoms with Crippen molar-refractivity contribution in [1.82, 2.24) is 0 Å². The molecular formula is C13H13NO4. The van der Waals surface area contributed by atoms with Gasteiger partial charge in [0, 0.05) is 18.2 Å². The smallest absolute Gasteiger partial charge is 0.330 e. The second kappa shape index (κ2) is 5.00. The van der Waals surface area contributed by atoms with Gasteiger partial charge in [0.1, 0.15) is 0 Å². The molecule has 0 N–H and O–H groups in total. The highest BCUT2D eigenvalue weighted by Gasteiger charge is 2.18. The molecule has 1 aromatic carbocycles. The molecular weight excluding hydrogens is 234 g/mol. The Balaban J connectivity index is 2.46. The molecule has 0 saturated heterocycles. The highest BCUT2D eigenvalue weighted by Crippen LogP contribution is 2.33. The molecule has 1 aliphatic carbocycles. The monoisotopic (exact) mass is 247 g/mol. The number of nitro groups is 1. The van der Waals surface area contributed by atoms with Crippen molar-refractivity contribution in [1.29, 1.82) is 0 Å². The summed E-state index contributed by atoms with van der Waals surface area (Å²) in [5.74, 6) is -0.427. The second-order valence-corrected chi connectivity index (χ2v) is 4.14. The minimum Gasteiger partial charge on any atom is -0.466 e. The van der Waals surface area contributed by atoms with Gasteiger partial charge in [0.25, 0.3) is 5.69 Å². The van der Waals surface area contributed by atoms with Crippen LogP contribution < -0.4 is 0 Å². The van der Waals surface area contributed by atoms with Crippen LogP contribution in [0.4, 0.5) is 5.69 Å². The number of esters is 1. The van der Waals surface area contributed by atoms with E-state index in [-0.39, 0.29) is 5.69 Å². The largest absolute Gasteiger partial charge is 0.466 e. The number of non-ortho nitro benzene ring substituents is 1. The topological polar surface area (TPSA) is 69.4 Å². The van der Waals surface area contributed by atoms with Crippen molar-refractivity contribution in [2.45, 2.75) is 19.3 Å². The van der Waals surface area contributed by atoms with Crippen LogP contribution >= 0.6 is 0 Å². The van der Waals surface area contributed by atoms with Crippen molar-refractivity contribution in [3.8, 4) is 0 Å². The zero-order valence-corrected chi connectivity index (χ0v) is 10.0. The van der Waals surface area contributed by atoms with Crippen LogP contribution in [0.25, 0.3) is 5.57 Å². The molecule has 94 valence electrons. The number of methoxy groups -OCH3 is 1. The summed E-state index contributed by atoms with van der Waals surface area (Å²) in [5, 5.41) is 10.8. The van der Waals surface area contributed by atoms with Gasteiger partial charge in [-0.15, -0.1) is 0 Å². The maximum absolute atomic E-state index is 11.3. The van der Waals surface area contributed by atoms with E-state index in [1.165, 1.54) is 25.3 Å². The molecule has 1 aliphatic rings. The normalized spacial score (nSPS) is 16.2. The van der Waals surface area contributed by atoms with Crippen LogP contribution in [0.1, 0.15) is 24.0 Å². The summed E-state index contributed by atoms with van der Waals surface area (Å²) in [5.41, 5.74) is 2.70. The van der Waals surface area contributed by atoms with Crippen LogP contribution in [0.15, 0.2) is 24.3 Å². The molecule has 0 aliphatic heterocycles. The molecule has 0 amide bonds. The summed E-state index contributed by atoms with van der Waals surface area (Å²) in [6.07, 6.45) is 3.98. The highest BCUT2D eigenvalue weighted by atomic mass is 16.6. The molecule has 0 bridgehead atoms. The number of rotatable bonds is 2. The summed E-state index contributed by atoms with van der Waals surface area (Å²) in [6.45, 7) is 0. The summed E-state index contributed by atoms with van der Waals surface area (Å²) < 4.78 is 4.60. The molecule has 0 atom stereocenters. The number of fused-ring (bicyclic) bond motifs is 1. The van der Waals surface area contributed by atoms with Gasteiger partial charge in [-0.05, 0) is 36.0 Å². The van der Waals surface area contributed by atoms with Crippen LogP contribution in [0.3, 0.4) is 0 Å². The fourth-order valence-electron chi connectivity index (χ4n) is 2.15. The fraction of sp³-hybridized carbons (Fsp3) is 0.308. The number of allylic oxidation sites excluding steroid dienone is 1. The van der Waals surface area contributed by atoms with Crippen LogP contribution in [-0.4, -0.2) is 18.0 Å². The van der Waals surface area contributed by atoms with E-state index in [0.717, 1.165) is 36.0 Å². The number of carbonyl (C=O) groups excluding carboxylic acids is 1. The number of hydrogen-bond acceptors (Lipinski definition) is 4. The van der Waals surface area contributed by atoms with E-state index in [1.54, 1.807) is 6.07 Å². The van der Waals surface area contributed by atoms with E-state index in [4.69, 9.17) is 0 Å². The van der Waals surface area contributed by atoms with Crippen LogP contribution in [0, 0.1) is 10.1 Å². The molecule has 5 heteroatoms. The van der Waals surface area contributed by atoms with Crippen molar-refractivity contribution in [2.24, 2.45) is 0 Å². The van der Waals surface area contributed by atoms with Gasteiger partial charge in [0.05, 0.1) is 12.0 Å². The summed E-state index contributed by atoms with van der Waals surface area (Å²) in [7, 11) is 1.32. The molecule has 0 aromatic heterocycles. The average Bonchev–Trinajstić information content (AvgIpc) is 2.38. The SMILES string of the molecule is COC(=O)C=C1CCCc2ccc([N+](=O)[O-])cc21. The molecule has 0 spiro atoms. The van der Waals surface area contributed by atoms with Crippen molar-refractivity contribution >= 4 is 17.2 Å². The van der Waals surface area contributed by atoms with Crippen molar-refractivity contribution < 1.29 is 14.5 Å². The molecule has 0 radical (unpaired) electrons. The van der Waals surface area contributed by atoms with E-state index in [2.05, 4.69) is 4.74 Å². The minimum absolute atomic E-state index is 0.0476. The lowest BCUT2D eigenvalue weighted by atomic mass is 9.87. The van der Waals surface area contributed by atoms with E-state index in [1.807, 2.05) is 0 Å². The number of hydrogen-bond donors (Lipinski definition) is 0. The Labute approximate surface area is 104 Å². The first-order valence-electron chi connectivity index (χ1n) is 5.68. The van der Waals surface area contributed by atoms with Crippen molar-refractivity contribution in [3.05, 3.63) is 45.5 Å². The lowest BCUT2D eigenvalue weighted by Crippen LogP contribution is -2.05. The predicted molar refractivity (Wildman–Crippen MR) is 66.0 cm³/mol. The maximum atomic E-state index is 11.3. The van der Waals surface area contributed by atoms with Crippen LogP contribution in [-0.2, 0) is 16.0 Å². The summed E-state index contributed by atoms with van der Waals surface area (Å²) in [6, 6.07) is 4.79. The van der Waals surface area contributed by atoms with Gasteiger partial charge in [-0.3, -0.25) is 10.1 Å². The number of aryl methyl sites for hydroxylation is 1. The first kappa shape index (κ1) is 12.3. The predicted octanol–water partition coefficient (Wildman–Crippen LogP) is 2.49. The Kier molecular flexibility index (Phi) is 3.41. The standard InChI is InChI=1S/C13H13NO4/c1-18-13(15)7-10-4-2-3-9-5-6-11(14(16)17)8-12(9)10/h5-8H,2-4H2,1H3. The van der Waals surface area contributed by atoms with Gasteiger partial charge in [-0.1, -0.05) is 6.07 Å². The Morgan fingerprint density at radius 2 is 2.22 bits per heavy atom. The number of carbonyl (C=O) groups is 1. The van der Waals surface area contributed by atoms with E-state index in [9.17, 15) is 14.9 Å². The lowest BCUT2D eigenvalue weighted by Gasteiger charge is -2.18. The fourth-order valence-corrected chi connectivity index (χ4v) is 2.15. The first-order valence-corrected chi connectivity index (χ1v) is 5.68. The third-order valence-electron chi connectivity index (χ3n) is 3.04. The van der Waals surface area contributed by atoms with E-state index >= 15 is 0 Å². The Bertz CT molecular complexity index is 534. The number of ether oxygens (including phenoxy) is 1. The van der Waals surface area contributed by atoms with Gasteiger partial charge in [-0.2, -0.15) is 0 Å². The molecule has 0 unspecified atom stereocenters. The number of benzene rings is 1. The summed E-state index contributed by atoms with van der Waals surface area (Å²) >= 11 is 0. The summed E-state index contributed by atoms with van der Waals surface area (Å²) in [4.78, 5) is 21.6. The Hall–Kier alpha value is -2.17. The van der Waals surface area contributed by atoms with E-state index in [0.29, 0.717) is 0 Å². The van der Waals surface area contributed by atoms with Gasteiger partial charge < -0.3 is 4.74 Å². The Morgan fingerprint density at radius 3 is 2.89 bits per heavy atom. The molecule has 5 nitrogen and oxygen atoms in total.